The molecule has 1 atom stereocenters. The van der Waals surface area contributed by atoms with Crippen LogP contribution in [0, 0.1) is 0 Å². The molecule has 0 aliphatic rings. The average Bonchev–Trinajstić information content (AvgIpc) is 2.54. The lowest BCUT2D eigenvalue weighted by Crippen LogP contribution is -2.31. The van der Waals surface area contributed by atoms with Gasteiger partial charge in [0.25, 0.3) is 0 Å². The van der Waals surface area contributed by atoms with Gasteiger partial charge in [-0.2, -0.15) is 0 Å². The van der Waals surface area contributed by atoms with Gasteiger partial charge in [-0.15, -0.1) is 0 Å². The van der Waals surface area contributed by atoms with Crippen LogP contribution in [-0.4, -0.2) is 24.1 Å². The van der Waals surface area contributed by atoms with Gasteiger partial charge in [-0.3, -0.25) is 9.59 Å². The summed E-state index contributed by atoms with van der Waals surface area (Å²) in [5.74, 6) is -0.659. The molecule has 2 N–H and O–H groups in total. The molecule has 5 heteroatoms. The van der Waals surface area contributed by atoms with E-state index in [0.717, 1.165) is 5.56 Å². The number of carbonyl (C=O) groups is 2. The van der Waals surface area contributed by atoms with Gasteiger partial charge in [-0.25, -0.2) is 0 Å². The lowest BCUT2D eigenvalue weighted by molar-refractivity contribution is -0.137. The van der Waals surface area contributed by atoms with Crippen LogP contribution in [-0.2, 0) is 16.0 Å². The van der Waals surface area contributed by atoms with Crippen molar-refractivity contribution in [1.29, 1.82) is 0 Å². The van der Waals surface area contributed by atoms with Gasteiger partial charge in [0.1, 0.15) is 5.75 Å². The first-order chi connectivity index (χ1) is 11.1. The van der Waals surface area contributed by atoms with Gasteiger partial charge in [0.2, 0.25) is 5.91 Å². The fourth-order valence-electron chi connectivity index (χ4n) is 2.39. The first-order valence-electron chi connectivity index (χ1n) is 7.28. The molecule has 0 saturated heterocycles. The highest BCUT2D eigenvalue weighted by Gasteiger charge is 2.21. The summed E-state index contributed by atoms with van der Waals surface area (Å²) in [4.78, 5) is 23.4. The van der Waals surface area contributed by atoms with Crippen LogP contribution >= 0.6 is 0 Å². The molecule has 0 unspecified atom stereocenters. The zero-order valence-electron chi connectivity index (χ0n) is 12.9. The number of hydrogen-bond acceptors (Lipinski definition) is 3. The van der Waals surface area contributed by atoms with E-state index in [0.29, 0.717) is 11.3 Å². The minimum Gasteiger partial charge on any atom is -0.496 e. The number of carboxylic acids is 1. The minimum atomic E-state index is -0.985. The summed E-state index contributed by atoms with van der Waals surface area (Å²) in [6.07, 6.45) is -0.00693. The summed E-state index contributed by atoms with van der Waals surface area (Å²) in [5, 5.41) is 11.9. The molecule has 2 aromatic carbocycles. The molecule has 23 heavy (non-hydrogen) atoms. The Balaban J connectivity index is 2.15. The highest BCUT2D eigenvalue weighted by Crippen LogP contribution is 2.27. The SMILES string of the molecule is COc1ccccc1[C@@H](CC(=O)O)NC(=O)Cc1ccccc1. The van der Waals surface area contributed by atoms with Crippen molar-refractivity contribution in [1.82, 2.24) is 5.32 Å². The lowest BCUT2D eigenvalue weighted by Gasteiger charge is -2.20. The maximum Gasteiger partial charge on any atom is 0.305 e. The van der Waals surface area contributed by atoms with Crippen molar-refractivity contribution in [3.63, 3.8) is 0 Å². The standard InChI is InChI=1S/C18H19NO4/c1-23-16-10-6-5-9-14(16)15(12-18(21)22)19-17(20)11-13-7-3-2-4-8-13/h2-10,15H,11-12H2,1H3,(H,19,20)(H,21,22)/t15-/m1/s1. The van der Waals surface area contributed by atoms with E-state index in [4.69, 9.17) is 9.84 Å². The van der Waals surface area contributed by atoms with Gasteiger partial charge in [0.05, 0.1) is 26.0 Å². The third-order valence-electron chi connectivity index (χ3n) is 3.44. The number of hydrogen-bond donors (Lipinski definition) is 2. The average molecular weight is 313 g/mol. The van der Waals surface area contributed by atoms with Gasteiger partial charge < -0.3 is 15.2 Å². The van der Waals surface area contributed by atoms with Gasteiger partial charge in [0.15, 0.2) is 0 Å². The molecule has 0 bridgehead atoms. The first kappa shape index (κ1) is 16.5. The normalized spacial score (nSPS) is 11.5. The molecule has 120 valence electrons. The Morgan fingerprint density at radius 1 is 1.09 bits per heavy atom. The van der Waals surface area contributed by atoms with Crippen LogP contribution in [0.25, 0.3) is 0 Å². The first-order valence-corrected chi connectivity index (χ1v) is 7.28. The number of rotatable bonds is 7. The predicted molar refractivity (Wildman–Crippen MR) is 86.3 cm³/mol. The number of methoxy groups -OCH3 is 1. The van der Waals surface area contributed by atoms with E-state index in [-0.39, 0.29) is 18.7 Å². The maximum atomic E-state index is 12.2. The zero-order valence-corrected chi connectivity index (χ0v) is 12.9. The molecule has 0 fully saturated rings. The number of carbonyl (C=O) groups excluding carboxylic acids is 1. The van der Waals surface area contributed by atoms with Crippen LogP contribution in [0.5, 0.6) is 5.75 Å². The smallest absolute Gasteiger partial charge is 0.305 e. The fraction of sp³-hybridized carbons (Fsp3) is 0.222. The van der Waals surface area contributed by atoms with E-state index in [2.05, 4.69) is 5.32 Å². The largest absolute Gasteiger partial charge is 0.496 e. The molecule has 0 saturated carbocycles. The van der Waals surface area contributed by atoms with Gasteiger partial charge >= 0.3 is 5.97 Å². The minimum absolute atomic E-state index is 0.201. The van der Waals surface area contributed by atoms with Crippen LogP contribution in [0.15, 0.2) is 54.6 Å². The van der Waals surface area contributed by atoms with Crippen molar-refractivity contribution in [2.75, 3.05) is 7.11 Å². The topological polar surface area (TPSA) is 75.6 Å². The maximum absolute atomic E-state index is 12.2. The van der Waals surface area contributed by atoms with Crippen molar-refractivity contribution in [3.8, 4) is 5.75 Å². The summed E-state index contributed by atoms with van der Waals surface area (Å²) in [5.41, 5.74) is 1.53. The Morgan fingerprint density at radius 3 is 2.39 bits per heavy atom. The summed E-state index contributed by atoms with van der Waals surface area (Å²) in [7, 11) is 1.52. The second kappa shape index (κ2) is 7.98. The van der Waals surface area contributed by atoms with Crippen LogP contribution in [0.4, 0.5) is 0 Å². The number of amides is 1. The number of nitrogens with one attached hydrogen (secondary N) is 1. The fourth-order valence-corrected chi connectivity index (χ4v) is 2.39. The summed E-state index contributed by atoms with van der Waals surface area (Å²) in [6.45, 7) is 0. The van der Waals surface area contributed by atoms with Gasteiger partial charge in [-0.05, 0) is 11.6 Å². The van der Waals surface area contributed by atoms with Crippen LogP contribution in [0.3, 0.4) is 0 Å². The van der Waals surface area contributed by atoms with E-state index in [1.807, 2.05) is 30.3 Å². The highest BCUT2D eigenvalue weighted by atomic mass is 16.5. The number of ether oxygens (including phenoxy) is 1. The van der Waals surface area contributed by atoms with E-state index in [1.54, 1.807) is 24.3 Å². The Labute approximate surface area is 134 Å². The molecule has 0 aromatic heterocycles. The van der Waals surface area contributed by atoms with E-state index in [1.165, 1.54) is 7.11 Å². The Bertz CT molecular complexity index is 670. The third kappa shape index (κ3) is 4.85. The molecule has 0 aliphatic heterocycles. The summed E-state index contributed by atoms with van der Waals surface area (Å²) in [6, 6.07) is 15.8. The highest BCUT2D eigenvalue weighted by molar-refractivity contribution is 5.80. The van der Waals surface area contributed by atoms with Crippen LogP contribution in [0.1, 0.15) is 23.6 Å². The number of aliphatic carboxylic acids is 1. The molecule has 1 amide bonds. The lowest BCUT2D eigenvalue weighted by atomic mass is 10.0. The summed E-state index contributed by atoms with van der Waals surface area (Å²) >= 11 is 0. The van der Waals surface area contributed by atoms with E-state index in [9.17, 15) is 9.59 Å². The molecule has 2 aromatic rings. The van der Waals surface area contributed by atoms with E-state index < -0.39 is 12.0 Å². The van der Waals surface area contributed by atoms with Crippen LogP contribution in [0.2, 0.25) is 0 Å². The second-order valence-electron chi connectivity index (χ2n) is 5.12. The van der Waals surface area contributed by atoms with Crippen molar-refractivity contribution < 1.29 is 19.4 Å². The molecule has 0 radical (unpaired) electrons. The van der Waals surface area contributed by atoms with Gasteiger partial charge in [0, 0.05) is 5.56 Å². The van der Waals surface area contributed by atoms with Gasteiger partial charge in [-0.1, -0.05) is 48.5 Å². The summed E-state index contributed by atoms with van der Waals surface area (Å²) < 4.78 is 5.26. The molecular weight excluding hydrogens is 294 g/mol. The van der Waals surface area contributed by atoms with Crippen molar-refractivity contribution >= 4 is 11.9 Å². The predicted octanol–water partition coefficient (Wildman–Crippen LogP) is 2.57. The molecule has 0 spiro atoms. The number of carboxylic acid groups (broad SMARTS) is 1. The van der Waals surface area contributed by atoms with Crippen molar-refractivity contribution in [3.05, 3.63) is 65.7 Å². The molecule has 0 aliphatic carbocycles. The Morgan fingerprint density at radius 2 is 1.74 bits per heavy atom. The van der Waals surface area contributed by atoms with Crippen LogP contribution < -0.4 is 10.1 Å². The molecular formula is C18H19NO4. The number of benzene rings is 2. The third-order valence-corrected chi connectivity index (χ3v) is 3.44. The van der Waals surface area contributed by atoms with Crippen molar-refractivity contribution in [2.24, 2.45) is 0 Å². The quantitative estimate of drug-likeness (QED) is 0.824. The second-order valence-corrected chi connectivity index (χ2v) is 5.12. The molecule has 0 heterocycles. The van der Waals surface area contributed by atoms with E-state index >= 15 is 0 Å². The van der Waals surface area contributed by atoms with Crippen molar-refractivity contribution in [2.45, 2.75) is 18.9 Å². The molecule has 2 rings (SSSR count). The Hall–Kier alpha value is -2.82. The Kier molecular flexibility index (Phi) is 5.74. The number of para-hydroxylation sites is 1. The monoisotopic (exact) mass is 313 g/mol. The molecule has 5 nitrogen and oxygen atoms in total. The zero-order chi connectivity index (χ0) is 16.7.